The van der Waals surface area contributed by atoms with Gasteiger partial charge in [0.25, 0.3) is 5.56 Å². The van der Waals surface area contributed by atoms with Crippen LogP contribution in [-0.4, -0.2) is 15.6 Å². The molecule has 1 saturated carbocycles. The summed E-state index contributed by atoms with van der Waals surface area (Å²) in [5.41, 5.74) is 0.0893. The minimum atomic E-state index is -0.981. The van der Waals surface area contributed by atoms with Crippen LogP contribution in [0.1, 0.15) is 55.4 Å². The van der Waals surface area contributed by atoms with Crippen LogP contribution in [0.15, 0.2) is 23.1 Å². The fourth-order valence-electron chi connectivity index (χ4n) is 2.66. The number of hydrogen-bond donors (Lipinski definition) is 1. The summed E-state index contributed by atoms with van der Waals surface area (Å²) in [4.78, 5) is 22.8. The number of carboxylic acid groups (broad SMARTS) is 1. The zero-order chi connectivity index (χ0) is 13.1. The molecule has 1 aliphatic rings. The maximum atomic E-state index is 11.9. The number of pyridine rings is 1. The average Bonchev–Trinajstić information content (AvgIpc) is 2.54. The largest absolute Gasteiger partial charge is 0.478 e. The second-order valence-electron chi connectivity index (χ2n) is 5.24. The second kappa shape index (κ2) is 5.38. The highest BCUT2D eigenvalue weighted by Crippen LogP contribution is 2.29. The summed E-state index contributed by atoms with van der Waals surface area (Å²) in [5.74, 6) is -0.279. The molecule has 0 aromatic carbocycles. The van der Waals surface area contributed by atoms with Crippen LogP contribution in [0.25, 0.3) is 0 Å². The zero-order valence-corrected chi connectivity index (χ0v) is 10.6. The van der Waals surface area contributed by atoms with Gasteiger partial charge in [-0.3, -0.25) is 4.79 Å². The molecule has 98 valence electrons. The predicted molar refractivity (Wildman–Crippen MR) is 68.9 cm³/mol. The van der Waals surface area contributed by atoms with E-state index in [1.807, 2.05) is 0 Å². The van der Waals surface area contributed by atoms with Crippen molar-refractivity contribution < 1.29 is 9.90 Å². The SMILES string of the molecule is CC1CCCC(n2cc(C(=O)O)ccc2=O)CC1. The van der Waals surface area contributed by atoms with Gasteiger partial charge in [-0.1, -0.05) is 19.8 Å². The topological polar surface area (TPSA) is 59.3 Å². The van der Waals surface area contributed by atoms with Gasteiger partial charge in [0.15, 0.2) is 0 Å². The molecule has 2 rings (SSSR count). The van der Waals surface area contributed by atoms with E-state index in [1.165, 1.54) is 24.8 Å². The van der Waals surface area contributed by atoms with Crippen molar-refractivity contribution >= 4 is 5.97 Å². The van der Waals surface area contributed by atoms with E-state index in [1.54, 1.807) is 4.57 Å². The lowest BCUT2D eigenvalue weighted by Gasteiger charge is -2.18. The number of nitrogens with zero attached hydrogens (tertiary/aromatic N) is 1. The van der Waals surface area contributed by atoms with Crippen LogP contribution in [0, 0.1) is 5.92 Å². The Bertz CT molecular complexity index is 492. The Morgan fingerprint density at radius 3 is 2.78 bits per heavy atom. The van der Waals surface area contributed by atoms with Gasteiger partial charge >= 0.3 is 5.97 Å². The summed E-state index contributed by atoms with van der Waals surface area (Å²) in [6.07, 6.45) is 6.83. The normalized spacial score (nSPS) is 24.5. The summed E-state index contributed by atoms with van der Waals surface area (Å²) in [6, 6.07) is 2.89. The highest BCUT2D eigenvalue weighted by atomic mass is 16.4. The van der Waals surface area contributed by atoms with Crippen LogP contribution in [0.3, 0.4) is 0 Å². The molecule has 0 spiro atoms. The Morgan fingerprint density at radius 1 is 1.28 bits per heavy atom. The highest BCUT2D eigenvalue weighted by molar-refractivity contribution is 5.87. The molecule has 18 heavy (non-hydrogen) atoms. The first kappa shape index (κ1) is 12.9. The molecular weight excluding hydrogens is 230 g/mol. The van der Waals surface area contributed by atoms with E-state index in [0.717, 1.165) is 25.7 Å². The Hall–Kier alpha value is -1.58. The summed E-state index contributed by atoms with van der Waals surface area (Å²) < 4.78 is 1.61. The van der Waals surface area contributed by atoms with Crippen molar-refractivity contribution in [2.45, 2.75) is 45.1 Å². The lowest BCUT2D eigenvalue weighted by molar-refractivity contribution is 0.0695. The van der Waals surface area contributed by atoms with Crippen LogP contribution >= 0.6 is 0 Å². The monoisotopic (exact) mass is 249 g/mol. The van der Waals surface area contributed by atoms with Crippen molar-refractivity contribution in [1.29, 1.82) is 0 Å². The third-order valence-corrected chi connectivity index (χ3v) is 3.81. The van der Waals surface area contributed by atoms with Gasteiger partial charge in [0.1, 0.15) is 0 Å². The Kier molecular flexibility index (Phi) is 3.84. The van der Waals surface area contributed by atoms with Gasteiger partial charge < -0.3 is 9.67 Å². The molecule has 2 unspecified atom stereocenters. The molecule has 0 saturated heterocycles. The Labute approximate surface area is 106 Å². The minimum Gasteiger partial charge on any atom is -0.478 e. The van der Waals surface area contributed by atoms with Crippen LogP contribution in [-0.2, 0) is 0 Å². The van der Waals surface area contributed by atoms with Crippen LogP contribution in [0.5, 0.6) is 0 Å². The van der Waals surface area contributed by atoms with Crippen LogP contribution < -0.4 is 5.56 Å². The molecule has 0 amide bonds. The zero-order valence-electron chi connectivity index (χ0n) is 10.6. The first-order valence-electron chi connectivity index (χ1n) is 6.53. The van der Waals surface area contributed by atoms with Gasteiger partial charge in [-0.05, 0) is 31.2 Å². The van der Waals surface area contributed by atoms with Crippen molar-refractivity contribution in [3.63, 3.8) is 0 Å². The summed E-state index contributed by atoms with van der Waals surface area (Å²) in [6.45, 7) is 2.23. The average molecular weight is 249 g/mol. The highest BCUT2D eigenvalue weighted by Gasteiger charge is 2.19. The second-order valence-corrected chi connectivity index (χ2v) is 5.24. The predicted octanol–water partition coefficient (Wildman–Crippen LogP) is 2.69. The lowest BCUT2D eigenvalue weighted by Crippen LogP contribution is -2.24. The molecule has 0 bridgehead atoms. The lowest BCUT2D eigenvalue weighted by atomic mass is 10.0. The van der Waals surface area contributed by atoms with Gasteiger partial charge in [0, 0.05) is 18.3 Å². The van der Waals surface area contributed by atoms with Crippen LogP contribution in [0.4, 0.5) is 0 Å². The van der Waals surface area contributed by atoms with Gasteiger partial charge in [-0.15, -0.1) is 0 Å². The summed E-state index contributed by atoms with van der Waals surface area (Å²) in [7, 11) is 0. The van der Waals surface area contributed by atoms with E-state index >= 15 is 0 Å². The maximum Gasteiger partial charge on any atom is 0.337 e. The molecule has 1 aliphatic carbocycles. The molecule has 1 N–H and O–H groups in total. The molecule has 0 radical (unpaired) electrons. The van der Waals surface area contributed by atoms with Crippen molar-refractivity contribution in [3.05, 3.63) is 34.2 Å². The molecule has 1 heterocycles. The fourth-order valence-corrected chi connectivity index (χ4v) is 2.66. The van der Waals surface area contributed by atoms with Crippen molar-refractivity contribution in [2.24, 2.45) is 5.92 Å². The third kappa shape index (κ3) is 2.81. The molecular formula is C14H19NO3. The summed E-state index contributed by atoms with van der Waals surface area (Å²) >= 11 is 0. The van der Waals surface area contributed by atoms with Crippen molar-refractivity contribution in [2.75, 3.05) is 0 Å². The number of carbonyl (C=O) groups is 1. The van der Waals surface area contributed by atoms with Crippen LogP contribution in [0.2, 0.25) is 0 Å². The summed E-state index contributed by atoms with van der Waals surface area (Å²) in [5, 5.41) is 8.98. The van der Waals surface area contributed by atoms with E-state index < -0.39 is 5.97 Å². The number of rotatable bonds is 2. The molecule has 1 aromatic rings. The maximum absolute atomic E-state index is 11.9. The molecule has 0 aliphatic heterocycles. The quantitative estimate of drug-likeness (QED) is 0.820. The van der Waals surface area contributed by atoms with E-state index in [9.17, 15) is 9.59 Å². The molecule has 1 aromatic heterocycles. The fraction of sp³-hybridized carbons (Fsp3) is 0.571. The van der Waals surface area contributed by atoms with E-state index in [0.29, 0.717) is 5.92 Å². The number of aromatic nitrogens is 1. The van der Waals surface area contributed by atoms with E-state index in [2.05, 4.69) is 6.92 Å². The molecule has 4 nitrogen and oxygen atoms in total. The minimum absolute atomic E-state index is 0.0976. The third-order valence-electron chi connectivity index (χ3n) is 3.81. The van der Waals surface area contributed by atoms with Crippen molar-refractivity contribution in [1.82, 2.24) is 4.57 Å². The number of aromatic carboxylic acids is 1. The standard InChI is InChI=1S/C14H19NO3/c1-10-3-2-4-12(7-5-10)15-9-11(14(17)18)6-8-13(15)16/h6,8-10,12H,2-5,7H2,1H3,(H,17,18). The Balaban J connectivity index is 2.28. The van der Waals surface area contributed by atoms with Gasteiger partial charge in [-0.2, -0.15) is 0 Å². The number of carboxylic acids is 1. The van der Waals surface area contributed by atoms with E-state index in [4.69, 9.17) is 5.11 Å². The first-order valence-corrected chi connectivity index (χ1v) is 6.53. The van der Waals surface area contributed by atoms with Gasteiger partial charge in [-0.25, -0.2) is 4.79 Å². The van der Waals surface area contributed by atoms with Gasteiger partial charge in [0.2, 0.25) is 0 Å². The first-order chi connectivity index (χ1) is 8.58. The number of hydrogen-bond acceptors (Lipinski definition) is 2. The molecule has 2 atom stereocenters. The molecule has 1 fully saturated rings. The van der Waals surface area contributed by atoms with E-state index in [-0.39, 0.29) is 17.2 Å². The Morgan fingerprint density at radius 2 is 2.06 bits per heavy atom. The molecule has 4 heteroatoms. The van der Waals surface area contributed by atoms with Gasteiger partial charge in [0.05, 0.1) is 5.56 Å². The van der Waals surface area contributed by atoms with Crippen molar-refractivity contribution in [3.8, 4) is 0 Å². The smallest absolute Gasteiger partial charge is 0.337 e.